The number of aromatic nitrogens is 3. The molecule has 3 heterocycles. The maximum Gasteiger partial charge on any atom is 0.307 e. The normalized spacial score (nSPS) is 11.2. The number of nitrogens with one attached hydrogen (secondary N) is 2. The van der Waals surface area contributed by atoms with Crippen molar-refractivity contribution in [1.29, 1.82) is 0 Å². The van der Waals surface area contributed by atoms with Crippen LogP contribution in [0.1, 0.15) is 5.56 Å². The van der Waals surface area contributed by atoms with Gasteiger partial charge < -0.3 is 19.8 Å². The Labute approximate surface area is 172 Å². The molecule has 0 aliphatic carbocycles. The van der Waals surface area contributed by atoms with E-state index in [4.69, 9.17) is 9.84 Å². The molecule has 0 radical (unpaired) electrons. The molecule has 0 aliphatic rings. The van der Waals surface area contributed by atoms with Crippen LogP contribution in [0.3, 0.4) is 0 Å². The molecule has 3 aromatic heterocycles. The topological polar surface area (TPSA) is 91.0 Å². The van der Waals surface area contributed by atoms with Gasteiger partial charge in [-0.25, -0.2) is 4.98 Å². The zero-order valence-electron chi connectivity index (χ0n) is 16.3. The summed E-state index contributed by atoms with van der Waals surface area (Å²) in [6, 6.07) is 16.0. The third-order valence-corrected chi connectivity index (χ3v) is 5.37. The minimum Gasteiger partial charge on any atom is -0.496 e. The molecular weight excluding hydrogens is 378 g/mol. The van der Waals surface area contributed by atoms with Crippen LogP contribution in [0.15, 0.2) is 67.1 Å². The first-order valence-corrected chi connectivity index (χ1v) is 9.57. The Morgan fingerprint density at radius 1 is 1.00 bits per heavy atom. The lowest BCUT2D eigenvalue weighted by atomic mass is 10.00. The van der Waals surface area contributed by atoms with Gasteiger partial charge in [-0.05, 0) is 35.4 Å². The molecule has 0 saturated heterocycles. The first kappa shape index (κ1) is 18.0. The quantitative estimate of drug-likeness (QED) is 0.389. The van der Waals surface area contributed by atoms with Crippen LogP contribution in [0, 0.1) is 0 Å². The molecule has 6 nitrogen and oxygen atoms in total. The van der Waals surface area contributed by atoms with Crippen molar-refractivity contribution < 1.29 is 14.6 Å². The molecule has 0 aliphatic heterocycles. The number of aliphatic carboxylic acids is 1. The standard InChI is InChI=1S/C24H19N3O3/c1-30-22-5-3-2-4-17(22)20-13-27-24-19(20)9-15(11-26-24)14-6-7-21-18(8-14)16(12-25-21)10-23(28)29/h2-9,11-13,25H,10H2,1H3,(H,26,27)(H,28,29). The van der Waals surface area contributed by atoms with Gasteiger partial charge >= 0.3 is 5.97 Å². The van der Waals surface area contributed by atoms with Gasteiger partial charge in [0.2, 0.25) is 0 Å². The number of nitrogens with zero attached hydrogens (tertiary/aromatic N) is 1. The lowest BCUT2D eigenvalue weighted by molar-refractivity contribution is -0.136. The van der Waals surface area contributed by atoms with E-state index in [1.54, 1.807) is 13.3 Å². The van der Waals surface area contributed by atoms with Gasteiger partial charge in [-0.2, -0.15) is 0 Å². The lowest BCUT2D eigenvalue weighted by Gasteiger charge is -2.08. The lowest BCUT2D eigenvalue weighted by Crippen LogP contribution is -1.98. The van der Waals surface area contributed by atoms with Gasteiger partial charge in [0.15, 0.2) is 0 Å². The SMILES string of the molecule is COc1ccccc1-c1c[nH]c2ncc(-c3ccc4[nH]cc(CC(=O)O)c4c3)cc12. The number of benzene rings is 2. The van der Waals surface area contributed by atoms with Gasteiger partial charge in [-0.15, -0.1) is 0 Å². The van der Waals surface area contributed by atoms with Gasteiger partial charge in [0.05, 0.1) is 13.5 Å². The largest absolute Gasteiger partial charge is 0.496 e. The van der Waals surface area contributed by atoms with Crippen molar-refractivity contribution >= 4 is 27.9 Å². The molecule has 0 spiro atoms. The van der Waals surface area contributed by atoms with Crippen molar-refractivity contribution in [2.24, 2.45) is 0 Å². The third kappa shape index (κ3) is 2.99. The Bertz CT molecular complexity index is 1400. The van der Waals surface area contributed by atoms with Gasteiger partial charge in [0.25, 0.3) is 0 Å². The van der Waals surface area contributed by atoms with Crippen LogP contribution >= 0.6 is 0 Å². The predicted octanol–water partition coefficient (Wildman–Crippen LogP) is 5.01. The number of aromatic amines is 2. The number of hydrogen-bond acceptors (Lipinski definition) is 3. The molecule has 0 atom stereocenters. The summed E-state index contributed by atoms with van der Waals surface area (Å²) < 4.78 is 5.53. The molecule has 6 heteroatoms. The van der Waals surface area contributed by atoms with Crippen molar-refractivity contribution in [3.05, 3.63) is 72.7 Å². The second kappa shape index (κ2) is 7.08. The Morgan fingerprint density at radius 3 is 2.67 bits per heavy atom. The van der Waals surface area contributed by atoms with Crippen LogP contribution in [0.2, 0.25) is 0 Å². The zero-order chi connectivity index (χ0) is 20.7. The van der Waals surface area contributed by atoms with E-state index in [2.05, 4.69) is 21.0 Å². The van der Waals surface area contributed by atoms with Crippen LogP contribution in [-0.4, -0.2) is 33.1 Å². The molecule has 0 amide bonds. The fourth-order valence-electron chi connectivity index (χ4n) is 3.92. The number of methoxy groups -OCH3 is 1. The van der Waals surface area contributed by atoms with E-state index >= 15 is 0 Å². The molecule has 148 valence electrons. The molecule has 3 N–H and O–H groups in total. The number of carbonyl (C=O) groups is 1. The average Bonchev–Trinajstić information content (AvgIpc) is 3.36. The monoisotopic (exact) mass is 397 g/mol. The number of ether oxygens (including phenoxy) is 1. The minimum atomic E-state index is -0.849. The maximum atomic E-state index is 11.2. The minimum absolute atomic E-state index is 0.0174. The number of para-hydroxylation sites is 1. The Kier molecular flexibility index (Phi) is 4.25. The summed E-state index contributed by atoms with van der Waals surface area (Å²) in [6.45, 7) is 0. The molecule has 2 aromatic carbocycles. The number of H-pyrrole nitrogens is 2. The highest BCUT2D eigenvalue weighted by Gasteiger charge is 2.14. The van der Waals surface area contributed by atoms with Crippen molar-refractivity contribution in [2.45, 2.75) is 6.42 Å². The molecular formula is C24H19N3O3. The van der Waals surface area contributed by atoms with Crippen LogP contribution in [0.25, 0.3) is 44.2 Å². The molecule has 5 aromatic rings. The number of carboxylic acid groups (broad SMARTS) is 1. The summed E-state index contributed by atoms with van der Waals surface area (Å²) >= 11 is 0. The van der Waals surface area contributed by atoms with Gasteiger partial charge in [0, 0.05) is 51.6 Å². The Morgan fingerprint density at radius 2 is 1.83 bits per heavy atom. The van der Waals surface area contributed by atoms with E-state index < -0.39 is 5.97 Å². The summed E-state index contributed by atoms with van der Waals surface area (Å²) in [5.74, 6) is -0.0472. The highest BCUT2D eigenvalue weighted by Crippen LogP contribution is 2.36. The number of rotatable bonds is 5. The van der Waals surface area contributed by atoms with Gasteiger partial charge in [0.1, 0.15) is 11.4 Å². The first-order valence-electron chi connectivity index (χ1n) is 9.57. The summed E-state index contributed by atoms with van der Waals surface area (Å²) in [5, 5.41) is 11.1. The molecule has 0 bridgehead atoms. The van der Waals surface area contributed by atoms with E-state index in [9.17, 15) is 4.79 Å². The molecule has 0 unspecified atom stereocenters. The van der Waals surface area contributed by atoms with Crippen LogP contribution in [0.5, 0.6) is 5.75 Å². The first-order chi connectivity index (χ1) is 14.6. The molecule has 0 fully saturated rings. The number of carboxylic acids is 1. The number of pyridine rings is 1. The summed E-state index contributed by atoms with van der Waals surface area (Å²) in [4.78, 5) is 22.1. The second-order valence-corrected chi connectivity index (χ2v) is 7.17. The zero-order valence-corrected chi connectivity index (χ0v) is 16.3. The van der Waals surface area contributed by atoms with E-state index in [0.717, 1.165) is 55.5 Å². The highest BCUT2D eigenvalue weighted by molar-refractivity contribution is 5.98. The smallest absolute Gasteiger partial charge is 0.307 e. The summed E-state index contributed by atoms with van der Waals surface area (Å²) in [7, 11) is 1.66. The highest BCUT2D eigenvalue weighted by atomic mass is 16.5. The van der Waals surface area contributed by atoms with E-state index in [1.165, 1.54) is 0 Å². The van der Waals surface area contributed by atoms with Crippen LogP contribution in [-0.2, 0) is 11.2 Å². The molecule has 30 heavy (non-hydrogen) atoms. The van der Waals surface area contributed by atoms with Crippen molar-refractivity contribution in [3.63, 3.8) is 0 Å². The van der Waals surface area contributed by atoms with Crippen LogP contribution in [0.4, 0.5) is 0 Å². The van der Waals surface area contributed by atoms with Gasteiger partial charge in [-0.1, -0.05) is 24.3 Å². The Hall–Kier alpha value is -4.06. The van der Waals surface area contributed by atoms with E-state index in [-0.39, 0.29) is 6.42 Å². The Balaban J connectivity index is 1.64. The van der Waals surface area contributed by atoms with Crippen LogP contribution < -0.4 is 4.74 Å². The predicted molar refractivity (Wildman–Crippen MR) is 117 cm³/mol. The molecule has 5 rings (SSSR count). The van der Waals surface area contributed by atoms with Crippen molar-refractivity contribution in [2.75, 3.05) is 7.11 Å². The number of fused-ring (bicyclic) bond motifs is 2. The summed E-state index contributed by atoms with van der Waals surface area (Å²) in [5.41, 5.74) is 6.44. The third-order valence-electron chi connectivity index (χ3n) is 5.37. The van der Waals surface area contributed by atoms with E-state index in [0.29, 0.717) is 0 Å². The second-order valence-electron chi connectivity index (χ2n) is 7.17. The van der Waals surface area contributed by atoms with Crippen molar-refractivity contribution in [3.8, 4) is 28.0 Å². The fraction of sp³-hybridized carbons (Fsp3) is 0.0833. The molecule has 0 saturated carbocycles. The number of hydrogen-bond donors (Lipinski definition) is 3. The van der Waals surface area contributed by atoms with E-state index in [1.807, 2.05) is 54.9 Å². The van der Waals surface area contributed by atoms with Gasteiger partial charge in [-0.3, -0.25) is 4.79 Å². The maximum absolute atomic E-state index is 11.2. The van der Waals surface area contributed by atoms with Crippen molar-refractivity contribution in [1.82, 2.24) is 15.0 Å². The fourth-order valence-corrected chi connectivity index (χ4v) is 3.92. The average molecular weight is 397 g/mol. The summed E-state index contributed by atoms with van der Waals surface area (Å²) in [6.07, 6.45) is 5.52.